The van der Waals surface area contributed by atoms with E-state index in [1.165, 1.54) is 0 Å². The molecule has 0 aliphatic carbocycles. The summed E-state index contributed by atoms with van der Waals surface area (Å²) in [5.74, 6) is 1.92. The number of aromatic nitrogens is 2. The van der Waals surface area contributed by atoms with Crippen molar-refractivity contribution < 1.29 is 9.47 Å². The normalized spacial score (nSPS) is 10.9. The van der Waals surface area contributed by atoms with Gasteiger partial charge in [0.2, 0.25) is 0 Å². The molecule has 1 aromatic heterocycles. The van der Waals surface area contributed by atoms with Crippen LogP contribution < -0.4 is 14.9 Å². The summed E-state index contributed by atoms with van der Waals surface area (Å²) < 4.78 is 10.5. The maximum Gasteiger partial charge on any atom is 0.165 e. The summed E-state index contributed by atoms with van der Waals surface area (Å²) >= 11 is 0. The Hall–Kier alpha value is -3.15. The highest BCUT2D eigenvalue weighted by Gasteiger charge is 2.03. The summed E-state index contributed by atoms with van der Waals surface area (Å²) in [5, 5.41) is 4.18. The first kappa shape index (κ1) is 14.8. The average molecular weight is 308 g/mol. The Labute approximate surface area is 133 Å². The van der Waals surface area contributed by atoms with Crippen molar-refractivity contribution in [1.82, 2.24) is 9.97 Å². The molecule has 6 nitrogen and oxygen atoms in total. The first-order valence-electron chi connectivity index (χ1n) is 7.03. The van der Waals surface area contributed by atoms with Crippen LogP contribution in [-0.2, 0) is 0 Å². The van der Waals surface area contributed by atoms with Crippen LogP contribution in [0.15, 0.2) is 53.8 Å². The minimum atomic E-state index is 0.584. The first-order chi connectivity index (χ1) is 11.3. The largest absolute Gasteiger partial charge is 0.493 e. The molecule has 2 aromatic carbocycles. The smallest absolute Gasteiger partial charge is 0.165 e. The summed E-state index contributed by atoms with van der Waals surface area (Å²) in [6, 6.07) is 13.2. The van der Waals surface area contributed by atoms with E-state index < -0.39 is 0 Å². The number of anilines is 1. The van der Waals surface area contributed by atoms with E-state index in [9.17, 15) is 0 Å². The highest BCUT2D eigenvalue weighted by atomic mass is 16.5. The minimum absolute atomic E-state index is 0.584. The first-order valence-corrected chi connectivity index (χ1v) is 7.03. The molecule has 3 rings (SSSR count). The zero-order valence-electron chi connectivity index (χ0n) is 12.9. The molecule has 0 saturated heterocycles. The molecule has 6 heteroatoms. The molecule has 0 unspecified atom stereocenters. The van der Waals surface area contributed by atoms with Gasteiger partial charge in [-0.1, -0.05) is 12.1 Å². The second-order valence-electron chi connectivity index (χ2n) is 4.73. The Kier molecular flexibility index (Phi) is 4.33. The molecule has 0 bridgehead atoms. The van der Waals surface area contributed by atoms with E-state index in [4.69, 9.17) is 9.47 Å². The van der Waals surface area contributed by atoms with Gasteiger partial charge in [0.25, 0.3) is 0 Å². The van der Waals surface area contributed by atoms with Gasteiger partial charge in [0.05, 0.1) is 37.7 Å². The number of benzene rings is 2. The molecule has 0 aliphatic heterocycles. The van der Waals surface area contributed by atoms with E-state index >= 15 is 0 Å². The van der Waals surface area contributed by atoms with Gasteiger partial charge < -0.3 is 9.47 Å². The van der Waals surface area contributed by atoms with Crippen molar-refractivity contribution in [2.45, 2.75) is 0 Å². The molecule has 0 saturated carbocycles. The maximum absolute atomic E-state index is 5.26. The Morgan fingerprint density at radius 1 is 1.00 bits per heavy atom. The molecule has 0 aliphatic rings. The quantitative estimate of drug-likeness (QED) is 0.579. The molecular formula is C17H16N4O2. The van der Waals surface area contributed by atoms with Gasteiger partial charge >= 0.3 is 0 Å². The molecule has 0 atom stereocenters. The van der Waals surface area contributed by atoms with Gasteiger partial charge in [0.1, 0.15) is 0 Å². The number of methoxy groups -OCH3 is 2. The number of rotatable bonds is 5. The number of para-hydroxylation sites is 2. The third kappa shape index (κ3) is 3.37. The third-order valence-electron chi connectivity index (χ3n) is 3.25. The van der Waals surface area contributed by atoms with Gasteiger partial charge in [0, 0.05) is 0 Å². The number of hydrazone groups is 1. The highest BCUT2D eigenvalue weighted by Crippen LogP contribution is 2.26. The molecule has 116 valence electrons. The van der Waals surface area contributed by atoms with Gasteiger partial charge in [-0.2, -0.15) is 5.10 Å². The molecule has 1 N–H and O–H groups in total. The lowest BCUT2D eigenvalue weighted by Crippen LogP contribution is -1.96. The van der Waals surface area contributed by atoms with Crippen LogP contribution in [0.1, 0.15) is 5.56 Å². The fourth-order valence-corrected chi connectivity index (χ4v) is 2.12. The fourth-order valence-electron chi connectivity index (χ4n) is 2.12. The molecule has 23 heavy (non-hydrogen) atoms. The topological polar surface area (TPSA) is 68.6 Å². The van der Waals surface area contributed by atoms with E-state index in [0.717, 1.165) is 16.6 Å². The lowest BCUT2D eigenvalue weighted by Gasteiger charge is -2.07. The third-order valence-corrected chi connectivity index (χ3v) is 3.25. The van der Waals surface area contributed by atoms with E-state index in [-0.39, 0.29) is 0 Å². The number of nitrogens with zero attached hydrogens (tertiary/aromatic N) is 3. The highest BCUT2D eigenvalue weighted by molar-refractivity contribution is 5.81. The minimum Gasteiger partial charge on any atom is -0.493 e. The Bertz CT molecular complexity index is 849. The van der Waals surface area contributed by atoms with E-state index in [0.29, 0.717) is 17.3 Å². The zero-order chi connectivity index (χ0) is 16.1. The molecule has 0 spiro atoms. The van der Waals surface area contributed by atoms with Crippen molar-refractivity contribution in [3.63, 3.8) is 0 Å². The second-order valence-corrected chi connectivity index (χ2v) is 4.73. The fraction of sp³-hybridized carbons (Fsp3) is 0.118. The summed E-state index contributed by atoms with van der Waals surface area (Å²) in [7, 11) is 3.20. The van der Waals surface area contributed by atoms with Crippen molar-refractivity contribution in [3.8, 4) is 11.5 Å². The van der Waals surface area contributed by atoms with Gasteiger partial charge in [-0.05, 0) is 35.9 Å². The SMILES string of the molecule is COc1ccc(/C=N/Nc2cnc3ccccc3n2)cc1OC. The molecule has 0 radical (unpaired) electrons. The Balaban J connectivity index is 1.74. The predicted octanol–water partition coefficient (Wildman–Crippen LogP) is 3.09. The maximum atomic E-state index is 5.26. The van der Waals surface area contributed by atoms with E-state index in [2.05, 4.69) is 20.5 Å². The standard InChI is InChI=1S/C17H16N4O2/c1-22-15-8-7-12(9-16(15)23-2)10-19-21-17-11-18-13-5-3-4-6-14(13)20-17/h3-11H,1-2H3,(H,20,21)/b19-10+. The van der Waals surface area contributed by atoms with Gasteiger partial charge in [-0.15, -0.1) is 0 Å². The molecular weight excluding hydrogens is 292 g/mol. The van der Waals surface area contributed by atoms with Crippen molar-refractivity contribution in [3.05, 3.63) is 54.2 Å². The molecule has 0 fully saturated rings. The summed E-state index contributed by atoms with van der Waals surface area (Å²) in [6.07, 6.45) is 3.33. The van der Waals surface area contributed by atoms with Crippen LogP contribution in [0.5, 0.6) is 11.5 Å². The van der Waals surface area contributed by atoms with Crippen molar-refractivity contribution >= 4 is 23.1 Å². The van der Waals surface area contributed by atoms with Crippen LogP contribution >= 0.6 is 0 Å². The van der Waals surface area contributed by atoms with E-state index in [1.807, 2.05) is 42.5 Å². The molecule has 0 amide bonds. The van der Waals surface area contributed by atoms with Crippen LogP contribution in [0.4, 0.5) is 5.82 Å². The van der Waals surface area contributed by atoms with E-state index in [1.54, 1.807) is 26.6 Å². The number of hydrogen-bond donors (Lipinski definition) is 1. The predicted molar refractivity (Wildman–Crippen MR) is 90.3 cm³/mol. The second kappa shape index (κ2) is 6.74. The van der Waals surface area contributed by atoms with Crippen LogP contribution in [0.3, 0.4) is 0 Å². The monoisotopic (exact) mass is 308 g/mol. The van der Waals surface area contributed by atoms with Crippen LogP contribution in [0.25, 0.3) is 11.0 Å². The number of ether oxygens (including phenoxy) is 2. The van der Waals surface area contributed by atoms with Gasteiger partial charge in [-0.25, -0.2) is 4.98 Å². The van der Waals surface area contributed by atoms with Gasteiger partial charge in [0.15, 0.2) is 17.3 Å². The van der Waals surface area contributed by atoms with Crippen molar-refractivity contribution in [1.29, 1.82) is 0 Å². The number of hydrogen-bond acceptors (Lipinski definition) is 6. The zero-order valence-corrected chi connectivity index (χ0v) is 12.9. The number of nitrogens with one attached hydrogen (secondary N) is 1. The van der Waals surface area contributed by atoms with Crippen molar-refractivity contribution in [2.75, 3.05) is 19.6 Å². The van der Waals surface area contributed by atoms with Crippen LogP contribution in [-0.4, -0.2) is 30.4 Å². The Morgan fingerprint density at radius 3 is 2.57 bits per heavy atom. The van der Waals surface area contributed by atoms with Crippen LogP contribution in [0, 0.1) is 0 Å². The Morgan fingerprint density at radius 2 is 1.78 bits per heavy atom. The lowest BCUT2D eigenvalue weighted by molar-refractivity contribution is 0.355. The molecule has 1 heterocycles. The summed E-state index contributed by atoms with van der Waals surface area (Å²) in [6.45, 7) is 0. The van der Waals surface area contributed by atoms with Crippen LogP contribution in [0.2, 0.25) is 0 Å². The molecule has 3 aromatic rings. The number of fused-ring (bicyclic) bond motifs is 1. The summed E-state index contributed by atoms with van der Waals surface area (Å²) in [5.41, 5.74) is 5.42. The van der Waals surface area contributed by atoms with Gasteiger partial charge in [-0.3, -0.25) is 10.4 Å². The lowest BCUT2D eigenvalue weighted by atomic mass is 10.2. The summed E-state index contributed by atoms with van der Waals surface area (Å²) in [4.78, 5) is 8.76. The average Bonchev–Trinajstić information content (AvgIpc) is 2.61. The van der Waals surface area contributed by atoms with Crippen molar-refractivity contribution in [2.24, 2.45) is 5.10 Å².